The van der Waals surface area contributed by atoms with E-state index in [-0.39, 0.29) is 0 Å². The van der Waals surface area contributed by atoms with Gasteiger partial charge in [-0.1, -0.05) is 17.7 Å². The van der Waals surface area contributed by atoms with Crippen molar-refractivity contribution in [3.05, 3.63) is 35.4 Å². The summed E-state index contributed by atoms with van der Waals surface area (Å²) in [5.74, 6) is -0.872. The van der Waals surface area contributed by atoms with E-state index < -0.39 is 5.97 Å². The summed E-state index contributed by atoms with van der Waals surface area (Å²) in [7, 11) is 1.00. The van der Waals surface area contributed by atoms with Crippen LogP contribution in [-0.2, 0) is 0 Å². The van der Waals surface area contributed by atoms with Crippen molar-refractivity contribution in [3.63, 3.8) is 0 Å². The zero-order chi connectivity index (χ0) is 9.56. The third kappa shape index (κ3) is 3.16. The van der Waals surface area contributed by atoms with Crippen molar-refractivity contribution in [2.75, 3.05) is 7.11 Å². The summed E-state index contributed by atoms with van der Waals surface area (Å²) in [5.41, 5.74) is 1.32. The molecule has 0 aromatic heterocycles. The van der Waals surface area contributed by atoms with Gasteiger partial charge in [0.15, 0.2) is 0 Å². The summed E-state index contributed by atoms with van der Waals surface area (Å²) in [4.78, 5) is 10.4. The van der Waals surface area contributed by atoms with E-state index in [0.717, 1.165) is 12.7 Å². The van der Waals surface area contributed by atoms with Crippen LogP contribution >= 0.6 is 0 Å². The average molecular weight is 168 g/mol. The molecule has 0 amide bonds. The molecule has 3 heteroatoms. The van der Waals surface area contributed by atoms with Crippen LogP contribution in [0.3, 0.4) is 0 Å². The van der Waals surface area contributed by atoms with E-state index in [1.54, 1.807) is 18.2 Å². The fourth-order valence-electron chi connectivity index (χ4n) is 0.778. The van der Waals surface area contributed by atoms with Crippen molar-refractivity contribution < 1.29 is 15.0 Å². The van der Waals surface area contributed by atoms with Gasteiger partial charge in [0, 0.05) is 7.11 Å². The Hall–Kier alpha value is -1.35. The highest BCUT2D eigenvalue weighted by atomic mass is 16.4. The van der Waals surface area contributed by atoms with Crippen LogP contribution in [0.2, 0.25) is 0 Å². The standard InChI is InChI=1S/C8H8O2.CH4O/c1-6-3-2-4-7(5-6)8(9)10;1-2/h2-5H,1H3,(H,9,10);2H,1H3. The number of aromatic carboxylic acids is 1. The Morgan fingerprint density at radius 3 is 2.25 bits per heavy atom. The first-order valence-electron chi connectivity index (χ1n) is 3.45. The summed E-state index contributed by atoms with van der Waals surface area (Å²) in [6, 6.07) is 6.82. The van der Waals surface area contributed by atoms with Crippen molar-refractivity contribution in [2.24, 2.45) is 0 Å². The molecule has 1 aromatic rings. The number of carboxylic acids is 1. The summed E-state index contributed by atoms with van der Waals surface area (Å²) in [6.07, 6.45) is 0. The fraction of sp³-hybridized carbons (Fsp3) is 0.222. The van der Waals surface area contributed by atoms with Crippen molar-refractivity contribution in [3.8, 4) is 0 Å². The SMILES string of the molecule is CO.Cc1cccc(C(=O)O)c1. The largest absolute Gasteiger partial charge is 0.478 e. The van der Waals surface area contributed by atoms with Crippen molar-refractivity contribution in [1.29, 1.82) is 0 Å². The highest BCUT2D eigenvalue weighted by Crippen LogP contribution is 2.02. The third-order valence-electron chi connectivity index (χ3n) is 1.27. The third-order valence-corrected chi connectivity index (χ3v) is 1.27. The van der Waals surface area contributed by atoms with Crippen molar-refractivity contribution in [2.45, 2.75) is 6.92 Å². The molecule has 0 fully saturated rings. The second-order valence-electron chi connectivity index (χ2n) is 2.17. The molecule has 0 radical (unpaired) electrons. The number of hydrogen-bond donors (Lipinski definition) is 2. The summed E-state index contributed by atoms with van der Waals surface area (Å²) >= 11 is 0. The van der Waals surface area contributed by atoms with Crippen molar-refractivity contribution >= 4 is 5.97 Å². The predicted molar refractivity (Wildman–Crippen MR) is 46.3 cm³/mol. The van der Waals surface area contributed by atoms with Crippen LogP contribution in [0.25, 0.3) is 0 Å². The average Bonchev–Trinajstić information content (AvgIpc) is 2.08. The first kappa shape index (κ1) is 10.7. The Balaban J connectivity index is 0.000000561. The lowest BCUT2D eigenvalue weighted by Gasteiger charge is -1.93. The van der Waals surface area contributed by atoms with Crippen LogP contribution in [0.15, 0.2) is 24.3 Å². The summed E-state index contributed by atoms with van der Waals surface area (Å²) in [6.45, 7) is 1.87. The number of carboxylic acid groups (broad SMARTS) is 1. The lowest BCUT2D eigenvalue weighted by atomic mass is 10.1. The maximum Gasteiger partial charge on any atom is 0.335 e. The van der Waals surface area contributed by atoms with Crippen LogP contribution in [0, 0.1) is 6.92 Å². The number of hydrogen-bond acceptors (Lipinski definition) is 2. The van der Waals surface area contributed by atoms with Gasteiger partial charge in [-0.25, -0.2) is 4.79 Å². The lowest BCUT2D eigenvalue weighted by molar-refractivity contribution is 0.0697. The second kappa shape index (κ2) is 5.32. The Morgan fingerprint density at radius 1 is 1.33 bits per heavy atom. The topological polar surface area (TPSA) is 57.5 Å². The van der Waals surface area contributed by atoms with Gasteiger partial charge in [-0.3, -0.25) is 0 Å². The number of aliphatic hydroxyl groups is 1. The van der Waals surface area contributed by atoms with E-state index in [4.69, 9.17) is 10.2 Å². The lowest BCUT2D eigenvalue weighted by Crippen LogP contribution is -1.95. The zero-order valence-electron chi connectivity index (χ0n) is 7.11. The first-order chi connectivity index (χ1) is 5.70. The molecule has 3 nitrogen and oxygen atoms in total. The second-order valence-corrected chi connectivity index (χ2v) is 2.17. The van der Waals surface area contributed by atoms with Gasteiger partial charge in [0.25, 0.3) is 0 Å². The minimum Gasteiger partial charge on any atom is -0.478 e. The minimum absolute atomic E-state index is 0.347. The maximum atomic E-state index is 10.4. The number of carbonyl (C=O) groups is 1. The molecule has 0 saturated heterocycles. The Morgan fingerprint density at radius 2 is 1.92 bits per heavy atom. The van der Waals surface area contributed by atoms with Crippen LogP contribution in [0.4, 0.5) is 0 Å². The molecule has 1 aromatic carbocycles. The van der Waals surface area contributed by atoms with Gasteiger partial charge < -0.3 is 10.2 Å². The predicted octanol–water partition coefficient (Wildman–Crippen LogP) is 1.30. The van der Waals surface area contributed by atoms with Gasteiger partial charge in [-0.15, -0.1) is 0 Å². The van der Waals surface area contributed by atoms with E-state index in [1.165, 1.54) is 0 Å². The van der Waals surface area contributed by atoms with Gasteiger partial charge in [0.05, 0.1) is 5.56 Å². The van der Waals surface area contributed by atoms with Gasteiger partial charge in [-0.2, -0.15) is 0 Å². The Labute approximate surface area is 71.3 Å². The molecule has 0 aliphatic carbocycles. The molecule has 2 N–H and O–H groups in total. The normalized spacial score (nSPS) is 8.25. The number of benzene rings is 1. The number of aliphatic hydroxyl groups excluding tert-OH is 1. The van der Waals surface area contributed by atoms with Gasteiger partial charge >= 0.3 is 5.97 Å². The van der Waals surface area contributed by atoms with Gasteiger partial charge in [0.1, 0.15) is 0 Å². The van der Waals surface area contributed by atoms with E-state index >= 15 is 0 Å². The molecule has 0 aliphatic rings. The summed E-state index contributed by atoms with van der Waals surface area (Å²) < 4.78 is 0. The molecular weight excluding hydrogens is 156 g/mol. The number of aryl methyl sites for hydroxylation is 1. The van der Waals surface area contributed by atoms with Crippen LogP contribution in [0.1, 0.15) is 15.9 Å². The van der Waals surface area contributed by atoms with Gasteiger partial charge in [-0.05, 0) is 19.1 Å². The molecular formula is C9H12O3. The van der Waals surface area contributed by atoms with E-state index in [0.29, 0.717) is 5.56 Å². The van der Waals surface area contributed by atoms with Crippen LogP contribution < -0.4 is 0 Å². The van der Waals surface area contributed by atoms with Crippen molar-refractivity contribution in [1.82, 2.24) is 0 Å². The highest BCUT2D eigenvalue weighted by Gasteiger charge is 1.99. The quantitative estimate of drug-likeness (QED) is 0.664. The Bertz CT molecular complexity index is 256. The number of rotatable bonds is 1. The zero-order valence-corrected chi connectivity index (χ0v) is 7.11. The molecule has 0 spiro atoms. The molecule has 0 saturated carbocycles. The molecule has 0 atom stereocenters. The molecule has 1 rings (SSSR count). The highest BCUT2D eigenvalue weighted by molar-refractivity contribution is 5.87. The maximum absolute atomic E-state index is 10.4. The van der Waals surface area contributed by atoms with Crippen LogP contribution in [-0.4, -0.2) is 23.3 Å². The summed E-state index contributed by atoms with van der Waals surface area (Å²) in [5, 5.41) is 15.5. The van der Waals surface area contributed by atoms with Gasteiger partial charge in [0.2, 0.25) is 0 Å². The molecule has 0 heterocycles. The first-order valence-corrected chi connectivity index (χ1v) is 3.45. The molecule has 0 aliphatic heterocycles. The monoisotopic (exact) mass is 168 g/mol. The minimum atomic E-state index is -0.872. The molecule has 12 heavy (non-hydrogen) atoms. The molecule has 0 unspecified atom stereocenters. The molecule has 66 valence electrons. The smallest absolute Gasteiger partial charge is 0.335 e. The van der Waals surface area contributed by atoms with E-state index in [9.17, 15) is 4.79 Å². The van der Waals surface area contributed by atoms with E-state index in [1.807, 2.05) is 13.0 Å². The van der Waals surface area contributed by atoms with Crippen LogP contribution in [0.5, 0.6) is 0 Å². The Kier molecular flexibility index (Phi) is 4.72. The fourth-order valence-corrected chi connectivity index (χ4v) is 0.778. The van der Waals surface area contributed by atoms with E-state index in [2.05, 4.69) is 0 Å². The molecule has 0 bridgehead atoms.